The predicted molar refractivity (Wildman–Crippen MR) is 95.1 cm³/mol. The zero-order chi connectivity index (χ0) is 15.7. The second kappa shape index (κ2) is 5.88. The zero-order valence-electron chi connectivity index (χ0n) is 13.8. The molecule has 0 aliphatic heterocycles. The molecule has 4 rings (SSSR count). The third-order valence-electron chi connectivity index (χ3n) is 5.33. The van der Waals surface area contributed by atoms with Crippen LogP contribution in [0.4, 0.5) is 5.82 Å². The number of aromatic nitrogens is 3. The van der Waals surface area contributed by atoms with Crippen LogP contribution in [-0.4, -0.2) is 34.6 Å². The molecule has 124 valence electrons. The van der Waals surface area contributed by atoms with Crippen molar-refractivity contribution in [2.24, 2.45) is 17.1 Å². The third-order valence-corrected chi connectivity index (χ3v) is 5.33. The fourth-order valence-corrected chi connectivity index (χ4v) is 4.19. The van der Waals surface area contributed by atoms with E-state index in [1.165, 1.54) is 25.7 Å². The van der Waals surface area contributed by atoms with Crippen LogP contribution in [0.5, 0.6) is 0 Å². The Bertz CT molecular complexity index is 631. The van der Waals surface area contributed by atoms with Gasteiger partial charge in [0.25, 0.3) is 0 Å². The number of rotatable bonds is 3. The summed E-state index contributed by atoms with van der Waals surface area (Å²) in [5.41, 5.74) is 7.26. The Hall–Kier alpha value is -1.62. The molecule has 0 atom stereocenters. The lowest BCUT2D eigenvalue weighted by Crippen LogP contribution is -2.56. The highest BCUT2D eigenvalue weighted by Crippen LogP contribution is 2.59. The Balaban J connectivity index is 0.000000695. The van der Waals surface area contributed by atoms with Crippen LogP contribution in [0.25, 0.3) is 11.0 Å². The van der Waals surface area contributed by atoms with Crippen molar-refractivity contribution in [3.8, 4) is 0 Å². The van der Waals surface area contributed by atoms with Crippen LogP contribution in [0.2, 0.25) is 0 Å². The smallest absolute Gasteiger partial charge is 0.142 e. The molecule has 0 radical (unpaired) electrons. The first-order valence-corrected chi connectivity index (χ1v) is 8.42. The van der Waals surface area contributed by atoms with Gasteiger partial charge in [0, 0.05) is 22.1 Å². The summed E-state index contributed by atoms with van der Waals surface area (Å²) in [4.78, 5) is 14.2. The maximum atomic E-state index is 5.74. The van der Waals surface area contributed by atoms with Gasteiger partial charge in [0.15, 0.2) is 0 Å². The first-order chi connectivity index (χ1) is 10.7. The SMILES string of the molecule is CC.CN(c1ncnc2[nH]ccc12)C1CC2(CC(CN)C2)C1.[HH].[HH]. The van der Waals surface area contributed by atoms with Crippen molar-refractivity contribution in [1.82, 2.24) is 15.0 Å². The molecule has 0 aromatic carbocycles. The lowest BCUT2D eigenvalue weighted by Gasteiger charge is -2.59. The minimum Gasteiger partial charge on any atom is -0.356 e. The Kier molecular flexibility index (Phi) is 4.08. The highest BCUT2D eigenvalue weighted by Gasteiger charge is 2.53. The van der Waals surface area contributed by atoms with Crippen LogP contribution in [0.3, 0.4) is 0 Å². The first kappa shape index (κ1) is 15.3. The summed E-state index contributed by atoms with van der Waals surface area (Å²) < 4.78 is 0. The van der Waals surface area contributed by atoms with Gasteiger partial charge in [-0.25, -0.2) is 9.97 Å². The van der Waals surface area contributed by atoms with Gasteiger partial charge in [-0.2, -0.15) is 0 Å². The summed E-state index contributed by atoms with van der Waals surface area (Å²) in [5.74, 6) is 1.82. The van der Waals surface area contributed by atoms with Gasteiger partial charge in [0.05, 0.1) is 5.39 Å². The Morgan fingerprint density at radius 1 is 1.32 bits per heavy atom. The van der Waals surface area contributed by atoms with E-state index < -0.39 is 0 Å². The van der Waals surface area contributed by atoms with E-state index in [2.05, 4.69) is 33.0 Å². The predicted octanol–water partition coefficient (Wildman–Crippen LogP) is 3.43. The van der Waals surface area contributed by atoms with E-state index >= 15 is 0 Å². The largest absolute Gasteiger partial charge is 0.356 e. The number of hydrogen-bond donors (Lipinski definition) is 2. The van der Waals surface area contributed by atoms with Gasteiger partial charge in [-0.1, -0.05) is 13.8 Å². The molecule has 5 nitrogen and oxygen atoms in total. The standard InChI is InChI=1S/C15H21N5.C2H6.2H2/c1-20(11-6-15(7-11)4-10(5-15)8-16)14-12-2-3-17-13(12)18-9-19-14;1-2;;/h2-3,9-11H,4-8,16H2,1H3,(H,17,18,19);1-2H3;2*1H. The number of nitrogens with zero attached hydrogens (tertiary/aromatic N) is 3. The Morgan fingerprint density at radius 2 is 2.05 bits per heavy atom. The van der Waals surface area contributed by atoms with Crippen molar-refractivity contribution in [2.75, 3.05) is 18.5 Å². The van der Waals surface area contributed by atoms with Crippen LogP contribution in [0.15, 0.2) is 18.6 Å². The van der Waals surface area contributed by atoms with E-state index in [1.54, 1.807) is 6.33 Å². The maximum Gasteiger partial charge on any atom is 0.142 e. The van der Waals surface area contributed by atoms with E-state index in [0.29, 0.717) is 11.5 Å². The number of aromatic amines is 1. The highest BCUT2D eigenvalue weighted by atomic mass is 15.2. The van der Waals surface area contributed by atoms with E-state index in [9.17, 15) is 0 Å². The number of fused-ring (bicyclic) bond motifs is 1. The van der Waals surface area contributed by atoms with Gasteiger partial charge < -0.3 is 15.6 Å². The first-order valence-electron chi connectivity index (χ1n) is 8.42. The second-order valence-corrected chi connectivity index (χ2v) is 6.62. The molecular weight excluding hydrogens is 274 g/mol. The number of nitrogens with two attached hydrogens (primary N) is 1. The van der Waals surface area contributed by atoms with Crippen LogP contribution < -0.4 is 10.6 Å². The average Bonchev–Trinajstić information content (AvgIpc) is 2.95. The van der Waals surface area contributed by atoms with Gasteiger partial charge in [-0.3, -0.25) is 0 Å². The van der Waals surface area contributed by atoms with Crippen molar-refractivity contribution < 1.29 is 2.85 Å². The van der Waals surface area contributed by atoms with Crippen molar-refractivity contribution in [3.63, 3.8) is 0 Å². The molecule has 2 aromatic rings. The van der Waals surface area contributed by atoms with E-state index in [4.69, 9.17) is 5.73 Å². The Morgan fingerprint density at radius 3 is 2.73 bits per heavy atom. The zero-order valence-corrected chi connectivity index (χ0v) is 13.8. The van der Waals surface area contributed by atoms with Crippen LogP contribution in [0.1, 0.15) is 42.4 Å². The fraction of sp³-hybridized carbons (Fsp3) is 0.647. The summed E-state index contributed by atoms with van der Waals surface area (Å²) in [6.45, 7) is 4.86. The quantitative estimate of drug-likeness (QED) is 0.911. The summed E-state index contributed by atoms with van der Waals surface area (Å²) in [6, 6.07) is 2.67. The molecule has 2 heterocycles. The highest BCUT2D eigenvalue weighted by molar-refractivity contribution is 5.87. The number of nitrogens with one attached hydrogen (secondary N) is 1. The monoisotopic (exact) mass is 305 g/mol. The van der Waals surface area contributed by atoms with Crippen LogP contribution >= 0.6 is 0 Å². The lowest BCUT2D eigenvalue weighted by molar-refractivity contribution is -0.0362. The van der Waals surface area contributed by atoms with E-state index in [0.717, 1.165) is 29.3 Å². The summed E-state index contributed by atoms with van der Waals surface area (Å²) >= 11 is 0. The van der Waals surface area contributed by atoms with Gasteiger partial charge in [-0.15, -0.1) is 0 Å². The molecule has 0 unspecified atom stereocenters. The number of anilines is 1. The third kappa shape index (κ3) is 2.37. The van der Waals surface area contributed by atoms with Crippen molar-refractivity contribution in [3.05, 3.63) is 18.6 Å². The van der Waals surface area contributed by atoms with E-state index in [-0.39, 0.29) is 2.85 Å². The summed E-state index contributed by atoms with van der Waals surface area (Å²) in [6.07, 6.45) is 8.81. The average molecular weight is 305 g/mol. The second-order valence-electron chi connectivity index (χ2n) is 6.62. The van der Waals surface area contributed by atoms with Gasteiger partial charge in [0.1, 0.15) is 17.8 Å². The lowest BCUT2D eigenvalue weighted by atomic mass is 9.50. The molecule has 0 saturated heterocycles. The molecule has 5 heteroatoms. The summed E-state index contributed by atoms with van der Waals surface area (Å²) in [7, 11) is 2.16. The minimum atomic E-state index is 0. The van der Waals surface area contributed by atoms with Crippen molar-refractivity contribution in [1.29, 1.82) is 0 Å². The maximum absolute atomic E-state index is 5.74. The summed E-state index contributed by atoms with van der Waals surface area (Å²) in [5, 5.41) is 1.12. The van der Waals surface area contributed by atoms with Crippen LogP contribution in [0, 0.1) is 11.3 Å². The Labute approximate surface area is 135 Å². The number of H-pyrrole nitrogens is 1. The molecule has 2 aliphatic rings. The molecule has 0 amide bonds. The molecule has 22 heavy (non-hydrogen) atoms. The fourth-order valence-electron chi connectivity index (χ4n) is 4.19. The molecule has 3 N–H and O–H groups in total. The minimum absolute atomic E-state index is 0. The van der Waals surface area contributed by atoms with Crippen molar-refractivity contribution in [2.45, 2.75) is 45.6 Å². The van der Waals surface area contributed by atoms with Crippen molar-refractivity contribution >= 4 is 16.9 Å². The van der Waals surface area contributed by atoms with Crippen LogP contribution in [-0.2, 0) is 0 Å². The topological polar surface area (TPSA) is 70.8 Å². The van der Waals surface area contributed by atoms with Gasteiger partial charge in [-0.05, 0) is 49.6 Å². The molecular formula is C17H31N5. The van der Waals surface area contributed by atoms with Gasteiger partial charge >= 0.3 is 0 Å². The molecule has 0 bridgehead atoms. The number of hydrogen-bond acceptors (Lipinski definition) is 4. The molecule has 2 aromatic heterocycles. The van der Waals surface area contributed by atoms with E-state index in [1.807, 2.05) is 20.0 Å². The molecule has 2 saturated carbocycles. The molecule has 1 spiro atoms. The molecule has 2 aliphatic carbocycles. The normalized spacial score (nSPS) is 29.5. The molecule has 2 fully saturated rings. The van der Waals surface area contributed by atoms with Gasteiger partial charge in [0.2, 0.25) is 0 Å².